The lowest BCUT2D eigenvalue weighted by Gasteiger charge is -2.34. The lowest BCUT2D eigenvalue weighted by atomic mass is 10.2. The highest BCUT2D eigenvalue weighted by atomic mass is 32.1. The van der Waals surface area contributed by atoms with Crippen LogP contribution in [0.15, 0.2) is 60.0 Å². The van der Waals surface area contributed by atoms with Gasteiger partial charge in [-0.15, -0.1) is 11.3 Å². The summed E-state index contributed by atoms with van der Waals surface area (Å²) in [7, 11) is 1.67. The molecule has 158 valence electrons. The number of rotatable bonds is 5. The molecule has 0 spiro atoms. The average Bonchev–Trinajstić information content (AvgIpc) is 3.46. The molecule has 1 fully saturated rings. The molecule has 0 unspecified atom stereocenters. The van der Waals surface area contributed by atoms with Crippen molar-refractivity contribution < 1.29 is 9.53 Å². The maximum Gasteiger partial charge on any atom is 0.270 e. The Bertz CT molecular complexity index is 1160. The summed E-state index contributed by atoms with van der Waals surface area (Å²) in [6.45, 7) is 3.96. The van der Waals surface area contributed by atoms with Crippen LogP contribution in [0, 0.1) is 0 Å². The van der Waals surface area contributed by atoms with Gasteiger partial charge in [0.1, 0.15) is 16.5 Å². The molecule has 1 saturated heterocycles. The second-order valence-electron chi connectivity index (χ2n) is 7.71. The average molecular weight is 433 g/mol. The molecule has 7 heteroatoms. The van der Waals surface area contributed by atoms with Crippen LogP contribution in [0.4, 0.5) is 0 Å². The van der Waals surface area contributed by atoms with E-state index >= 15 is 0 Å². The van der Waals surface area contributed by atoms with Gasteiger partial charge in [-0.1, -0.05) is 18.2 Å². The lowest BCUT2D eigenvalue weighted by Crippen LogP contribution is -2.48. The molecule has 1 amide bonds. The summed E-state index contributed by atoms with van der Waals surface area (Å²) in [5, 5.41) is 4.22. The zero-order chi connectivity index (χ0) is 21.2. The maximum absolute atomic E-state index is 12.9. The molecule has 0 radical (unpaired) electrons. The number of para-hydroxylation sites is 1. The first-order valence-corrected chi connectivity index (χ1v) is 11.3. The molecule has 0 bridgehead atoms. The van der Waals surface area contributed by atoms with Crippen LogP contribution < -0.4 is 4.74 Å². The number of thiazole rings is 1. The molecule has 0 aliphatic carbocycles. The van der Waals surface area contributed by atoms with Crippen LogP contribution in [0.1, 0.15) is 16.2 Å². The lowest BCUT2D eigenvalue weighted by molar-refractivity contribution is 0.0622. The smallest absolute Gasteiger partial charge is 0.270 e. The van der Waals surface area contributed by atoms with E-state index in [1.807, 2.05) is 59.5 Å². The Morgan fingerprint density at radius 2 is 1.87 bits per heavy atom. The van der Waals surface area contributed by atoms with Gasteiger partial charge in [0.15, 0.2) is 0 Å². The minimum atomic E-state index is 0.0753. The second kappa shape index (κ2) is 8.53. The summed E-state index contributed by atoms with van der Waals surface area (Å²) in [6.07, 6.45) is 0. The van der Waals surface area contributed by atoms with Crippen LogP contribution in [-0.2, 0) is 6.54 Å². The number of hydrogen-bond donors (Lipinski definition) is 1. The van der Waals surface area contributed by atoms with Gasteiger partial charge < -0.3 is 14.6 Å². The molecule has 4 aromatic rings. The molecule has 2 aromatic heterocycles. The molecule has 0 atom stereocenters. The third kappa shape index (κ3) is 4.19. The summed E-state index contributed by atoms with van der Waals surface area (Å²) >= 11 is 1.66. The van der Waals surface area contributed by atoms with E-state index in [9.17, 15) is 4.79 Å². The van der Waals surface area contributed by atoms with Gasteiger partial charge in [0.2, 0.25) is 0 Å². The summed E-state index contributed by atoms with van der Waals surface area (Å²) in [6, 6.07) is 17.9. The highest BCUT2D eigenvalue weighted by Crippen LogP contribution is 2.26. The standard InChI is InChI=1S/C24H24N4O2S/c1-30-20-8-6-17(7-9-20)23-25-19(16-31-23)15-27-10-12-28(13-11-27)24(29)22-14-18-4-2-3-5-21(18)26-22/h2-9,14,16,26H,10-13,15H2,1H3. The van der Waals surface area contributed by atoms with Crippen LogP contribution in [0.2, 0.25) is 0 Å². The number of aromatic nitrogens is 2. The number of H-pyrrole nitrogens is 1. The fourth-order valence-electron chi connectivity index (χ4n) is 3.94. The number of amides is 1. The molecule has 31 heavy (non-hydrogen) atoms. The Balaban J connectivity index is 1.18. The van der Waals surface area contributed by atoms with E-state index in [4.69, 9.17) is 9.72 Å². The zero-order valence-corrected chi connectivity index (χ0v) is 18.2. The number of ether oxygens (including phenoxy) is 1. The number of piperazine rings is 1. The molecule has 1 aliphatic rings. The van der Waals surface area contributed by atoms with Gasteiger partial charge in [0.25, 0.3) is 5.91 Å². The fraction of sp³-hybridized carbons (Fsp3) is 0.250. The zero-order valence-electron chi connectivity index (χ0n) is 17.4. The quantitative estimate of drug-likeness (QED) is 0.512. The van der Waals surface area contributed by atoms with E-state index in [1.54, 1.807) is 18.4 Å². The van der Waals surface area contributed by atoms with Crippen molar-refractivity contribution in [2.75, 3.05) is 33.3 Å². The summed E-state index contributed by atoms with van der Waals surface area (Å²) in [5.41, 5.74) is 3.84. The first kappa shape index (κ1) is 19.8. The van der Waals surface area contributed by atoms with Crippen LogP contribution in [0.5, 0.6) is 5.75 Å². The number of methoxy groups -OCH3 is 1. The normalized spacial score (nSPS) is 14.8. The van der Waals surface area contributed by atoms with Crippen molar-refractivity contribution in [2.45, 2.75) is 6.54 Å². The predicted molar refractivity (Wildman–Crippen MR) is 124 cm³/mol. The SMILES string of the molecule is COc1ccc(-c2nc(CN3CCN(C(=O)c4cc5ccccc5[nH]4)CC3)cs2)cc1. The Morgan fingerprint density at radius 3 is 2.61 bits per heavy atom. The van der Waals surface area contributed by atoms with E-state index in [2.05, 4.69) is 15.3 Å². The molecular weight excluding hydrogens is 408 g/mol. The van der Waals surface area contributed by atoms with Gasteiger partial charge in [-0.2, -0.15) is 0 Å². The number of hydrogen-bond acceptors (Lipinski definition) is 5. The van der Waals surface area contributed by atoms with Crippen molar-refractivity contribution in [1.29, 1.82) is 0 Å². The van der Waals surface area contributed by atoms with Crippen LogP contribution in [0.3, 0.4) is 0 Å². The van der Waals surface area contributed by atoms with Crippen LogP contribution in [-0.4, -0.2) is 59.0 Å². The van der Waals surface area contributed by atoms with Crippen LogP contribution >= 0.6 is 11.3 Å². The van der Waals surface area contributed by atoms with Gasteiger partial charge in [-0.05, 0) is 36.4 Å². The minimum Gasteiger partial charge on any atom is -0.497 e. The van der Waals surface area contributed by atoms with E-state index in [0.717, 1.165) is 65.6 Å². The number of benzene rings is 2. The Hall–Kier alpha value is -3.16. The summed E-state index contributed by atoms with van der Waals surface area (Å²) in [4.78, 5) is 25.2. The molecule has 1 aliphatic heterocycles. The molecule has 2 aromatic carbocycles. The van der Waals surface area contributed by atoms with Gasteiger partial charge >= 0.3 is 0 Å². The number of carbonyl (C=O) groups excluding carboxylic acids is 1. The molecule has 3 heterocycles. The van der Waals surface area contributed by atoms with Crippen molar-refractivity contribution in [3.63, 3.8) is 0 Å². The van der Waals surface area contributed by atoms with Crippen molar-refractivity contribution >= 4 is 28.1 Å². The third-order valence-electron chi connectivity index (χ3n) is 5.69. The first-order valence-electron chi connectivity index (χ1n) is 10.4. The van der Waals surface area contributed by atoms with Crippen molar-refractivity contribution in [1.82, 2.24) is 19.8 Å². The van der Waals surface area contributed by atoms with E-state index < -0.39 is 0 Å². The molecule has 5 rings (SSSR count). The third-order valence-corrected chi connectivity index (χ3v) is 6.63. The highest BCUT2D eigenvalue weighted by molar-refractivity contribution is 7.13. The number of fused-ring (bicyclic) bond motifs is 1. The van der Waals surface area contributed by atoms with Gasteiger partial charge in [0.05, 0.1) is 12.8 Å². The molecular formula is C24H24N4O2S. The van der Waals surface area contributed by atoms with E-state index in [0.29, 0.717) is 5.69 Å². The summed E-state index contributed by atoms with van der Waals surface area (Å²) < 4.78 is 5.23. The van der Waals surface area contributed by atoms with Crippen molar-refractivity contribution in [3.8, 4) is 16.3 Å². The Kier molecular flexibility index (Phi) is 5.44. The minimum absolute atomic E-state index is 0.0753. The fourth-order valence-corrected chi connectivity index (χ4v) is 4.76. The second-order valence-corrected chi connectivity index (χ2v) is 8.57. The largest absolute Gasteiger partial charge is 0.497 e. The number of nitrogens with one attached hydrogen (secondary N) is 1. The van der Waals surface area contributed by atoms with Crippen molar-refractivity contribution in [3.05, 3.63) is 71.4 Å². The highest BCUT2D eigenvalue weighted by Gasteiger charge is 2.23. The first-order chi connectivity index (χ1) is 15.2. The maximum atomic E-state index is 12.9. The monoisotopic (exact) mass is 432 g/mol. The van der Waals surface area contributed by atoms with E-state index in [-0.39, 0.29) is 5.91 Å². The van der Waals surface area contributed by atoms with Gasteiger partial charge in [0, 0.05) is 54.6 Å². The van der Waals surface area contributed by atoms with Crippen molar-refractivity contribution in [2.24, 2.45) is 0 Å². The Labute approximate surface area is 185 Å². The molecule has 1 N–H and O–H groups in total. The number of nitrogens with zero attached hydrogens (tertiary/aromatic N) is 3. The van der Waals surface area contributed by atoms with E-state index in [1.165, 1.54) is 0 Å². The predicted octanol–water partition coefficient (Wildman–Crippen LogP) is 4.26. The Morgan fingerprint density at radius 1 is 1.10 bits per heavy atom. The molecule has 0 saturated carbocycles. The summed E-state index contributed by atoms with van der Waals surface area (Å²) in [5.74, 6) is 0.923. The molecule has 6 nitrogen and oxygen atoms in total. The number of aromatic amines is 1. The topological polar surface area (TPSA) is 61.5 Å². The van der Waals surface area contributed by atoms with Crippen LogP contribution in [0.25, 0.3) is 21.5 Å². The van der Waals surface area contributed by atoms with Gasteiger partial charge in [-0.3, -0.25) is 9.69 Å². The number of carbonyl (C=O) groups is 1. The van der Waals surface area contributed by atoms with Gasteiger partial charge in [-0.25, -0.2) is 4.98 Å².